The number of rotatable bonds is 7. The minimum absolute atomic E-state index is 0.784. The predicted molar refractivity (Wildman–Crippen MR) is 76.3 cm³/mol. The lowest BCUT2D eigenvalue weighted by Crippen LogP contribution is -2.26. The Labute approximate surface area is 106 Å². The first-order valence-corrected chi connectivity index (χ1v) is 8.02. The van der Waals surface area contributed by atoms with Gasteiger partial charge in [0.25, 0.3) is 0 Å². The van der Waals surface area contributed by atoms with Gasteiger partial charge in [0.2, 0.25) is 0 Å². The smallest absolute Gasteiger partial charge is 0.0146 e. The monoisotopic (exact) mass is 243 g/mol. The standard InChI is InChI=1S/C14H29NS/c1-4-5-9-15-11-13(3)16-14-8-6-7-12(2)10-14/h12-15H,4-11H2,1-3H3. The van der Waals surface area contributed by atoms with Gasteiger partial charge in [0.15, 0.2) is 0 Å². The van der Waals surface area contributed by atoms with Gasteiger partial charge in [-0.1, -0.05) is 40.0 Å². The molecule has 0 aromatic carbocycles. The van der Waals surface area contributed by atoms with Gasteiger partial charge >= 0.3 is 0 Å². The Morgan fingerprint density at radius 3 is 2.88 bits per heavy atom. The number of unbranched alkanes of at least 4 members (excludes halogenated alkanes) is 1. The Bertz CT molecular complexity index is 172. The lowest BCUT2D eigenvalue weighted by molar-refractivity contribution is 0.393. The van der Waals surface area contributed by atoms with E-state index in [1.807, 2.05) is 0 Å². The molecule has 0 amide bonds. The Kier molecular flexibility index (Phi) is 7.55. The molecule has 16 heavy (non-hydrogen) atoms. The minimum atomic E-state index is 0.784. The van der Waals surface area contributed by atoms with Gasteiger partial charge in [-0.3, -0.25) is 0 Å². The van der Waals surface area contributed by atoms with Crippen molar-refractivity contribution in [2.45, 2.75) is 69.8 Å². The average molecular weight is 243 g/mol. The fourth-order valence-corrected chi connectivity index (χ4v) is 4.10. The van der Waals surface area contributed by atoms with Gasteiger partial charge < -0.3 is 5.32 Å². The number of hydrogen-bond donors (Lipinski definition) is 1. The number of nitrogens with one attached hydrogen (secondary N) is 1. The molecule has 0 heterocycles. The molecule has 0 aliphatic heterocycles. The van der Waals surface area contributed by atoms with E-state index in [2.05, 4.69) is 37.8 Å². The molecule has 0 bridgehead atoms. The van der Waals surface area contributed by atoms with Crippen LogP contribution in [0.25, 0.3) is 0 Å². The van der Waals surface area contributed by atoms with E-state index >= 15 is 0 Å². The second-order valence-corrected chi connectivity index (χ2v) is 7.14. The summed E-state index contributed by atoms with van der Waals surface area (Å²) in [5.74, 6) is 0.964. The van der Waals surface area contributed by atoms with Gasteiger partial charge in [0.1, 0.15) is 0 Å². The van der Waals surface area contributed by atoms with Crippen molar-refractivity contribution in [3.8, 4) is 0 Å². The van der Waals surface area contributed by atoms with Crippen LogP contribution in [0.1, 0.15) is 59.3 Å². The van der Waals surface area contributed by atoms with Crippen molar-refractivity contribution < 1.29 is 0 Å². The lowest BCUT2D eigenvalue weighted by Gasteiger charge is -2.28. The highest BCUT2D eigenvalue weighted by molar-refractivity contribution is 8.00. The molecule has 3 atom stereocenters. The van der Waals surface area contributed by atoms with Crippen molar-refractivity contribution in [2.24, 2.45) is 5.92 Å². The summed E-state index contributed by atoms with van der Waals surface area (Å²) in [6, 6.07) is 0. The molecule has 1 aliphatic carbocycles. The third kappa shape index (κ3) is 6.15. The summed E-state index contributed by atoms with van der Waals surface area (Å²) in [6.45, 7) is 9.43. The van der Waals surface area contributed by atoms with E-state index in [9.17, 15) is 0 Å². The summed E-state index contributed by atoms with van der Waals surface area (Å²) in [7, 11) is 0. The van der Waals surface area contributed by atoms with E-state index in [1.54, 1.807) is 0 Å². The Hall–Kier alpha value is 0.310. The van der Waals surface area contributed by atoms with E-state index < -0.39 is 0 Å². The van der Waals surface area contributed by atoms with Gasteiger partial charge in [-0.25, -0.2) is 0 Å². The van der Waals surface area contributed by atoms with E-state index in [-0.39, 0.29) is 0 Å². The van der Waals surface area contributed by atoms with Gasteiger partial charge in [-0.15, -0.1) is 0 Å². The first kappa shape index (κ1) is 14.4. The molecule has 96 valence electrons. The summed E-state index contributed by atoms with van der Waals surface area (Å²) < 4.78 is 0. The van der Waals surface area contributed by atoms with Crippen molar-refractivity contribution in [1.82, 2.24) is 5.32 Å². The molecule has 1 rings (SSSR count). The van der Waals surface area contributed by atoms with Gasteiger partial charge in [-0.2, -0.15) is 11.8 Å². The van der Waals surface area contributed by atoms with Crippen molar-refractivity contribution in [3.05, 3.63) is 0 Å². The van der Waals surface area contributed by atoms with Gasteiger partial charge in [-0.05, 0) is 31.7 Å². The van der Waals surface area contributed by atoms with Gasteiger partial charge in [0.05, 0.1) is 0 Å². The Balaban J connectivity index is 2.06. The van der Waals surface area contributed by atoms with Crippen LogP contribution in [0.2, 0.25) is 0 Å². The third-order valence-corrected chi connectivity index (χ3v) is 4.90. The maximum Gasteiger partial charge on any atom is 0.0146 e. The fraction of sp³-hybridized carbons (Fsp3) is 1.00. The maximum atomic E-state index is 3.57. The van der Waals surface area contributed by atoms with Crippen LogP contribution < -0.4 is 5.32 Å². The zero-order chi connectivity index (χ0) is 11.8. The van der Waals surface area contributed by atoms with Crippen LogP contribution in [0.15, 0.2) is 0 Å². The van der Waals surface area contributed by atoms with Crippen LogP contribution in [-0.4, -0.2) is 23.6 Å². The van der Waals surface area contributed by atoms with Crippen LogP contribution in [0.4, 0.5) is 0 Å². The summed E-state index contributed by atoms with van der Waals surface area (Å²) in [5, 5.41) is 5.29. The summed E-state index contributed by atoms with van der Waals surface area (Å²) in [6.07, 6.45) is 8.43. The molecule has 1 saturated carbocycles. The minimum Gasteiger partial charge on any atom is -0.316 e. The maximum absolute atomic E-state index is 3.57. The quantitative estimate of drug-likeness (QED) is 0.676. The largest absolute Gasteiger partial charge is 0.316 e. The second-order valence-electron chi connectivity index (χ2n) is 5.40. The normalized spacial score (nSPS) is 27.9. The third-order valence-electron chi connectivity index (χ3n) is 3.45. The first-order chi connectivity index (χ1) is 7.72. The van der Waals surface area contributed by atoms with E-state index in [0.717, 1.165) is 16.4 Å². The zero-order valence-electron chi connectivity index (χ0n) is 11.3. The highest BCUT2D eigenvalue weighted by Gasteiger charge is 2.20. The SMILES string of the molecule is CCCCNCC(C)SC1CCCC(C)C1. The lowest BCUT2D eigenvalue weighted by atomic mass is 9.91. The van der Waals surface area contributed by atoms with Crippen LogP contribution in [0.3, 0.4) is 0 Å². The molecular weight excluding hydrogens is 214 g/mol. The van der Waals surface area contributed by atoms with Gasteiger partial charge in [0, 0.05) is 17.0 Å². The van der Waals surface area contributed by atoms with Crippen molar-refractivity contribution >= 4 is 11.8 Å². The Morgan fingerprint density at radius 2 is 2.19 bits per heavy atom. The Morgan fingerprint density at radius 1 is 1.38 bits per heavy atom. The average Bonchev–Trinajstić information content (AvgIpc) is 2.24. The first-order valence-electron chi connectivity index (χ1n) is 7.08. The number of thioether (sulfide) groups is 1. The van der Waals surface area contributed by atoms with E-state index in [0.29, 0.717) is 0 Å². The molecule has 0 radical (unpaired) electrons. The predicted octanol–water partition coefficient (Wildman–Crippen LogP) is 4.08. The van der Waals surface area contributed by atoms with E-state index in [1.165, 1.54) is 51.6 Å². The summed E-state index contributed by atoms with van der Waals surface area (Å²) in [4.78, 5) is 0. The molecule has 1 fully saturated rings. The summed E-state index contributed by atoms with van der Waals surface area (Å²) >= 11 is 2.22. The molecule has 0 spiro atoms. The molecule has 3 unspecified atom stereocenters. The van der Waals surface area contributed by atoms with Crippen molar-refractivity contribution in [2.75, 3.05) is 13.1 Å². The molecule has 2 heteroatoms. The zero-order valence-corrected chi connectivity index (χ0v) is 12.1. The highest BCUT2D eigenvalue weighted by atomic mass is 32.2. The van der Waals surface area contributed by atoms with Crippen LogP contribution in [0, 0.1) is 5.92 Å². The highest BCUT2D eigenvalue weighted by Crippen LogP contribution is 2.33. The molecule has 0 aromatic rings. The topological polar surface area (TPSA) is 12.0 Å². The van der Waals surface area contributed by atoms with Crippen LogP contribution in [-0.2, 0) is 0 Å². The van der Waals surface area contributed by atoms with Crippen LogP contribution in [0.5, 0.6) is 0 Å². The molecular formula is C14H29NS. The van der Waals surface area contributed by atoms with Crippen molar-refractivity contribution in [1.29, 1.82) is 0 Å². The second kappa shape index (κ2) is 8.41. The fourth-order valence-electron chi connectivity index (χ4n) is 2.49. The van der Waals surface area contributed by atoms with Crippen molar-refractivity contribution in [3.63, 3.8) is 0 Å². The molecule has 0 aromatic heterocycles. The van der Waals surface area contributed by atoms with Crippen LogP contribution >= 0.6 is 11.8 Å². The molecule has 1 aliphatic rings. The molecule has 1 N–H and O–H groups in total. The summed E-state index contributed by atoms with van der Waals surface area (Å²) in [5.41, 5.74) is 0. The molecule has 1 nitrogen and oxygen atoms in total. The molecule has 0 saturated heterocycles. The number of hydrogen-bond acceptors (Lipinski definition) is 2. The van der Waals surface area contributed by atoms with E-state index in [4.69, 9.17) is 0 Å².